The highest BCUT2D eigenvalue weighted by Gasteiger charge is 2.22. The Hall–Kier alpha value is -2.94. The monoisotopic (exact) mass is 443 g/mol. The Morgan fingerprint density at radius 2 is 1.94 bits per heavy atom. The lowest BCUT2D eigenvalue weighted by Crippen LogP contribution is -2.50. The fourth-order valence-corrected chi connectivity index (χ4v) is 3.60. The van der Waals surface area contributed by atoms with Crippen LogP contribution in [0.15, 0.2) is 41.5 Å². The molecular formula is C23H34FN7O. The number of likely N-dealkylation sites (N-methyl/N-ethyl adjacent to an activating group) is 1. The predicted octanol–water partition coefficient (Wildman–Crippen LogP) is 1.66. The number of rotatable bonds is 8. The van der Waals surface area contributed by atoms with E-state index >= 15 is 0 Å². The molecule has 0 saturated carbocycles. The minimum Gasteiger partial charge on any atom is -0.357 e. The van der Waals surface area contributed by atoms with Crippen LogP contribution in [0.2, 0.25) is 0 Å². The molecule has 0 radical (unpaired) electrons. The number of carbonyl (C=O) groups excluding carboxylic acids is 1. The number of aliphatic imine (C=N–C) groups is 1. The molecule has 8 nitrogen and oxygen atoms in total. The molecule has 1 amide bonds. The third-order valence-corrected chi connectivity index (χ3v) is 5.50. The fourth-order valence-electron chi connectivity index (χ4n) is 3.60. The zero-order valence-electron chi connectivity index (χ0n) is 19.2. The first-order chi connectivity index (χ1) is 15.4. The zero-order chi connectivity index (χ0) is 22.9. The van der Waals surface area contributed by atoms with Crippen LogP contribution < -0.4 is 10.6 Å². The average molecular weight is 444 g/mol. The van der Waals surface area contributed by atoms with Crippen molar-refractivity contribution < 1.29 is 9.18 Å². The number of piperidine rings is 1. The van der Waals surface area contributed by atoms with E-state index in [-0.39, 0.29) is 11.7 Å². The number of hydrogen-bond acceptors (Lipinski definition) is 4. The Bertz CT molecular complexity index is 886. The first kappa shape index (κ1) is 23.7. The van der Waals surface area contributed by atoms with Crippen LogP contribution in [0.3, 0.4) is 0 Å². The van der Waals surface area contributed by atoms with Crippen LogP contribution >= 0.6 is 0 Å². The van der Waals surface area contributed by atoms with Gasteiger partial charge in [0.15, 0.2) is 5.96 Å². The molecule has 1 aliphatic heterocycles. The molecule has 32 heavy (non-hydrogen) atoms. The van der Waals surface area contributed by atoms with Crippen molar-refractivity contribution in [1.82, 2.24) is 30.2 Å². The lowest BCUT2D eigenvalue weighted by atomic mass is 10.1. The van der Waals surface area contributed by atoms with Gasteiger partial charge in [0.05, 0.1) is 17.9 Å². The van der Waals surface area contributed by atoms with E-state index in [1.54, 1.807) is 35.8 Å². The van der Waals surface area contributed by atoms with E-state index in [9.17, 15) is 9.18 Å². The van der Waals surface area contributed by atoms with Gasteiger partial charge in [-0.05, 0) is 50.1 Å². The summed E-state index contributed by atoms with van der Waals surface area (Å²) in [6.07, 6.45) is 4.56. The largest absolute Gasteiger partial charge is 0.357 e. The van der Waals surface area contributed by atoms with Gasteiger partial charge in [-0.15, -0.1) is 0 Å². The van der Waals surface area contributed by atoms with Crippen molar-refractivity contribution in [2.45, 2.75) is 32.2 Å². The number of carbonyl (C=O) groups is 1. The van der Waals surface area contributed by atoms with Crippen molar-refractivity contribution in [2.24, 2.45) is 4.99 Å². The topological polar surface area (TPSA) is 77.8 Å². The number of halogens is 1. The zero-order valence-corrected chi connectivity index (χ0v) is 19.2. The highest BCUT2D eigenvalue weighted by Crippen LogP contribution is 2.11. The Morgan fingerprint density at radius 3 is 2.59 bits per heavy atom. The van der Waals surface area contributed by atoms with Gasteiger partial charge in [-0.25, -0.2) is 9.07 Å². The summed E-state index contributed by atoms with van der Waals surface area (Å²) < 4.78 is 14.9. The summed E-state index contributed by atoms with van der Waals surface area (Å²) >= 11 is 0. The molecule has 1 aromatic heterocycles. The molecule has 1 fully saturated rings. The van der Waals surface area contributed by atoms with Crippen LogP contribution in [0.25, 0.3) is 5.69 Å². The quantitative estimate of drug-likeness (QED) is 0.479. The summed E-state index contributed by atoms with van der Waals surface area (Å²) in [6, 6.07) is 8.58. The van der Waals surface area contributed by atoms with Gasteiger partial charge in [0.2, 0.25) is 5.91 Å². The van der Waals surface area contributed by atoms with Crippen molar-refractivity contribution in [3.63, 3.8) is 0 Å². The van der Waals surface area contributed by atoms with Crippen molar-refractivity contribution in [3.05, 3.63) is 48.0 Å². The SMILES string of the molecule is CCNC(=NCCc1ccn(-c2ccc(F)cc2)n1)NC1CCN(CC(=O)N(C)C)CC1. The van der Waals surface area contributed by atoms with Crippen molar-refractivity contribution in [1.29, 1.82) is 0 Å². The smallest absolute Gasteiger partial charge is 0.236 e. The molecule has 1 aromatic carbocycles. The molecular weight excluding hydrogens is 409 g/mol. The lowest BCUT2D eigenvalue weighted by Gasteiger charge is -2.33. The molecule has 0 bridgehead atoms. The maximum Gasteiger partial charge on any atom is 0.236 e. The Labute approximate surface area is 189 Å². The van der Waals surface area contributed by atoms with Gasteiger partial charge in [-0.3, -0.25) is 14.7 Å². The van der Waals surface area contributed by atoms with Crippen LogP contribution in [0.5, 0.6) is 0 Å². The second-order valence-electron chi connectivity index (χ2n) is 8.22. The van der Waals surface area contributed by atoms with Crippen LogP contribution in [0, 0.1) is 5.82 Å². The maximum absolute atomic E-state index is 13.1. The summed E-state index contributed by atoms with van der Waals surface area (Å²) in [7, 11) is 3.59. The van der Waals surface area contributed by atoms with E-state index in [0.29, 0.717) is 19.1 Å². The molecule has 2 N–H and O–H groups in total. The molecule has 9 heteroatoms. The van der Waals surface area contributed by atoms with Crippen molar-refractivity contribution in [3.8, 4) is 5.69 Å². The minimum atomic E-state index is -0.258. The Balaban J connectivity index is 1.47. The van der Waals surface area contributed by atoms with Crippen molar-refractivity contribution >= 4 is 11.9 Å². The number of aromatic nitrogens is 2. The number of nitrogens with zero attached hydrogens (tertiary/aromatic N) is 5. The molecule has 0 aliphatic carbocycles. The summed E-state index contributed by atoms with van der Waals surface area (Å²) in [4.78, 5) is 20.5. The summed E-state index contributed by atoms with van der Waals surface area (Å²) in [5, 5.41) is 11.4. The van der Waals surface area contributed by atoms with Crippen LogP contribution in [-0.4, -0.2) is 84.3 Å². The van der Waals surface area contributed by atoms with Crippen molar-refractivity contribution in [2.75, 3.05) is 46.8 Å². The molecule has 1 saturated heterocycles. The van der Waals surface area contributed by atoms with E-state index in [2.05, 4.69) is 27.6 Å². The summed E-state index contributed by atoms with van der Waals surface area (Å²) in [6.45, 7) is 5.75. The molecule has 2 aromatic rings. The van der Waals surface area contributed by atoms with Crippen LogP contribution in [0.4, 0.5) is 4.39 Å². The molecule has 2 heterocycles. The first-order valence-electron chi connectivity index (χ1n) is 11.2. The molecule has 0 spiro atoms. The van der Waals surface area contributed by atoms with Crippen LogP contribution in [0.1, 0.15) is 25.5 Å². The number of amides is 1. The molecule has 3 rings (SSSR count). The molecule has 0 atom stereocenters. The van der Waals surface area contributed by atoms with E-state index in [0.717, 1.165) is 56.2 Å². The average Bonchev–Trinajstić information content (AvgIpc) is 3.24. The number of benzene rings is 1. The Morgan fingerprint density at radius 1 is 1.22 bits per heavy atom. The van der Waals surface area contributed by atoms with Crippen LogP contribution in [-0.2, 0) is 11.2 Å². The van der Waals surface area contributed by atoms with E-state index in [4.69, 9.17) is 4.99 Å². The summed E-state index contributed by atoms with van der Waals surface area (Å²) in [5.41, 5.74) is 1.77. The van der Waals surface area contributed by atoms with Gasteiger partial charge >= 0.3 is 0 Å². The Kier molecular flexibility index (Phi) is 8.61. The fraction of sp³-hybridized carbons (Fsp3) is 0.522. The number of likely N-dealkylation sites (tertiary alicyclic amines) is 1. The standard InChI is InChI=1S/C23H34FN7O/c1-4-25-23(27-19-10-14-30(15-11-19)17-22(32)29(2)3)26-13-9-20-12-16-31(28-20)21-7-5-18(24)6-8-21/h5-8,12,16,19H,4,9-11,13-15,17H2,1-3H3,(H2,25,26,27). The van der Waals surface area contributed by atoms with E-state index in [1.807, 2.05) is 12.3 Å². The third-order valence-electron chi connectivity index (χ3n) is 5.50. The molecule has 0 unspecified atom stereocenters. The number of hydrogen-bond donors (Lipinski definition) is 2. The van der Waals surface area contributed by atoms with E-state index < -0.39 is 0 Å². The molecule has 174 valence electrons. The third kappa shape index (κ3) is 7.05. The highest BCUT2D eigenvalue weighted by molar-refractivity contribution is 5.80. The molecule has 1 aliphatic rings. The minimum absolute atomic E-state index is 0.146. The van der Waals surface area contributed by atoms with Gasteiger partial charge in [0.1, 0.15) is 5.82 Å². The summed E-state index contributed by atoms with van der Waals surface area (Å²) in [5.74, 6) is 0.702. The maximum atomic E-state index is 13.1. The van der Waals surface area contributed by atoms with Gasteiger partial charge in [0.25, 0.3) is 0 Å². The normalized spacial score (nSPS) is 15.6. The highest BCUT2D eigenvalue weighted by atomic mass is 19.1. The van der Waals surface area contributed by atoms with Gasteiger partial charge in [-0.2, -0.15) is 5.10 Å². The second kappa shape index (κ2) is 11.6. The number of nitrogens with one attached hydrogen (secondary N) is 2. The van der Waals surface area contributed by atoms with E-state index in [1.165, 1.54) is 12.1 Å². The second-order valence-corrected chi connectivity index (χ2v) is 8.22. The lowest BCUT2D eigenvalue weighted by molar-refractivity contribution is -0.130. The number of guanidine groups is 1. The van der Waals surface area contributed by atoms with Gasteiger partial charge < -0.3 is 15.5 Å². The predicted molar refractivity (Wildman–Crippen MR) is 124 cm³/mol. The first-order valence-corrected chi connectivity index (χ1v) is 11.2. The van der Waals surface area contributed by atoms with Gasteiger partial charge in [-0.1, -0.05) is 0 Å². The van der Waals surface area contributed by atoms with Gasteiger partial charge in [0, 0.05) is 58.9 Å².